The minimum absolute atomic E-state index is 0.170. The lowest BCUT2D eigenvalue weighted by Crippen LogP contribution is -2.16. The van der Waals surface area contributed by atoms with E-state index in [0.717, 1.165) is 9.77 Å². The third kappa shape index (κ3) is 3.13. The molecule has 0 spiro atoms. The van der Waals surface area contributed by atoms with Gasteiger partial charge in [0.15, 0.2) is 0 Å². The highest BCUT2D eigenvalue weighted by molar-refractivity contribution is 14.1. The van der Waals surface area contributed by atoms with Gasteiger partial charge >= 0.3 is 0 Å². The number of halogens is 1. The van der Waals surface area contributed by atoms with E-state index in [-0.39, 0.29) is 17.2 Å². The summed E-state index contributed by atoms with van der Waals surface area (Å²) in [4.78, 5) is 28.6. The minimum atomic E-state index is -0.359. The fourth-order valence-corrected chi connectivity index (χ4v) is 1.55. The average Bonchev–Trinajstić information content (AvgIpc) is 2.33. The van der Waals surface area contributed by atoms with Gasteiger partial charge in [0.2, 0.25) is 0 Å². The molecular weight excluding hydrogens is 333 g/mol. The molecule has 0 radical (unpaired) electrons. The average molecular weight is 341 g/mol. The summed E-state index contributed by atoms with van der Waals surface area (Å²) in [5.41, 5.74) is 0.516. The van der Waals surface area contributed by atoms with E-state index in [1.807, 2.05) is 12.1 Å². The highest BCUT2D eigenvalue weighted by Crippen LogP contribution is 2.11. The number of nitrogens with zero attached hydrogens (tertiary/aromatic N) is 1. The van der Waals surface area contributed by atoms with E-state index in [9.17, 15) is 9.59 Å². The van der Waals surface area contributed by atoms with Crippen molar-refractivity contribution in [3.05, 3.63) is 56.3 Å². The van der Waals surface area contributed by atoms with Gasteiger partial charge in [0.1, 0.15) is 5.69 Å². The van der Waals surface area contributed by atoms with Crippen LogP contribution in [0.2, 0.25) is 0 Å². The molecule has 1 amide bonds. The first kappa shape index (κ1) is 11.8. The molecule has 0 saturated heterocycles. The molecule has 1 heterocycles. The number of aromatic amines is 1. The Balaban J connectivity index is 2.14. The van der Waals surface area contributed by atoms with Crippen molar-refractivity contribution in [1.82, 2.24) is 9.97 Å². The van der Waals surface area contributed by atoms with Crippen molar-refractivity contribution >= 4 is 34.2 Å². The second-order valence-corrected chi connectivity index (χ2v) is 4.50. The molecule has 5 nitrogen and oxygen atoms in total. The zero-order valence-corrected chi connectivity index (χ0v) is 10.8. The molecule has 2 N–H and O–H groups in total. The van der Waals surface area contributed by atoms with E-state index in [1.54, 1.807) is 12.1 Å². The van der Waals surface area contributed by atoms with Crippen LogP contribution in [-0.4, -0.2) is 15.9 Å². The van der Waals surface area contributed by atoms with E-state index >= 15 is 0 Å². The Bertz CT molecular complexity index is 572. The first-order valence-electron chi connectivity index (χ1n) is 4.77. The molecule has 0 aliphatic heterocycles. The lowest BCUT2D eigenvalue weighted by Gasteiger charge is -2.03. The molecule has 17 heavy (non-hydrogen) atoms. The Labute approximate surface area is 110 Å². The molecule has 2 rings (SSSR count). The maximum absolute atomic E-state index is 11.7. The number of nitrogens with one attached hydrogen (secondary N) is 2. The van der Waals surface area contributed by atoms with E-state index in [0.29, 0.717) is 5.69 Å². The number of benzene rings is 1. The SMILES string of the molecule is O=C(Nc1ccc(I)cc1)c1c[nH]c(=O)cn1. The molecule has 2 aromatic rings. The lowest BCUT2D eigenvalue weighted by atomic mass is 10.3. The second kappa shape index (κ2) is 5.09. The summed E-state index contributed by atoms with van der Waals surface area (Å²) in [7, 11) is 0. The van der Waals surface area contributed by atoms with Crippen LogP contribution < -0.4 is 10.9 Å². The molecule has 1 aromatic heterocycles. The quantitative estimate of drug-likeness (QED) is 0.816. The largest absolute Gasteiger partial charge is 0.325 e. The number of H-pyrrole nitrogens is 1. The van der Waals surface area contributed by atoms with Gasteiger partial charge in [-0.15, -0.1) is 0 Å². The fourth-order valence-electron chi connectivity index (χ4n) is 1.19. The van der Waals surface area contributed by atoms with Crippen LogP contribution in [0.25, 0.3) is 0 Å². The summed E-state index contributed by atoms with van der Waals surface area (Å²) in [6.45, 7) is 0. The molecule has 0 unspecified atom stereocenters. The highest BCUT2D eigenvalue weighted by atomic mass is 127. The van der Waals surface area contributed by atoms with Gasteiger partial charge in [-0.1, -0.05) is 0 Å². The van der Waals surface area contributed by atoms with Crippen molar-refractivity contribution in [1.29, 1.82) is 0 Å². The van der Waals surface area contributed by atoms with Crippen molar-refractivity contribution < 1.29 is 4.79 Å². The zero-order valence-electron chi connectivity index (χ0n) is 8.61. The number of amides is 1. The number of carbonyl (C=O) groups excluding carboxylic acids is 1. The predicted octanol–water partition coefficient (Wildman–Crippen LogP) is 1.63. The number of rotatable bonds is 2. The van der Waals surface area contributed by atoms with Crippen LogP contribution in [0.1, 0.15) is 10.5 Å². The van der Waals surface area contributed by atoms with Crippen LogP contribution in [0.5, 0.6) is 0 Å². The normalized spacial score (nSPS) is 9.94. The van der Waals surface area contributed by atoms with E-state index in [2.05, 4.69) is 37.9 Å². The van der Waals surface area contributed by atoms with Crippen molar-refractivity contribution in [2.75, 3.05) is 5.32 Å². The molecule has 6 heteroatoms. The third-order valence-corrected chi connectivity index (χ3v) is 2.73. The summed E-state index contributed by atoms with van der Waals surface area (Å²) in [6, 6.07) is 7.36. The number of hydrogen-bond donors (Lipinski definition) is 2. The summed E-state index contributed by atoms with van der Waals surface area (Å²) < 4.78 is 1.09. The fraction of sp³-hybridized carbons (Fsp3) is 0. The maximum atomic E-state index is 11.7. The summed E-state index contributed by atoms with van der Waals surface area (Å²) in [5, 5.41) is 2.68. The molecule has 0 fully saturated rings. The van der Waals surface area contributed by atoms with Crippen molar-refractivity contribution in [3.8, 4) is 0 Å². The number of carbonyl (C=O) groups is 1. The number of anilines is 1. The second-order valence-electron chi connectivity index (χ2n) is 3.26. The Kier molecular flexibility index (Phi) is 3.52. The molecule has 1 aromatic carbocycles. The molecule has 86 valence electrons. The van der Waals surface area contributed by atoms with Crippen LogP contribution >= 0.6 is 22.6 Å². The number of aromatic nitrogens is 2. The monoisotopic (exact) mass is 341 g/mol. The Morgan fingerprint density at radius 3 is 2.59 bits per heavy atom. The van der Waals surface area contributed by atoms with Gasteiger partial charge < -0.3 is 10.3 Å². The molecular formula is C11H8IN3O2. The third-order valence-electron chi connectivity index (χ3n) is 2.01. The summed E-state index contributed by atoms with van der Waals surface area (Å²) >= 11 is 2.18. The first-order chi connectivity index (χ1) is 8.15. The van der Waals surface area contributed by atoms with Crippen LogP contribution in [0.4, 0.5) is 5.69 Å². The minimum Gasteiger partial charge on any atom is -0.325 e. The van der Waals surface area contributed by atoms with E-state index in [4.69, 9.17) is 0 Å². The predicted molar refractivity (Wildman–Crippen MR) is 72.0 cm³/mol. The highest BCUT2D eigenvalue weighted by Gasteiger charge is 2.07. The van der Waals surface area contributed by atoms with Crippen molar-refractivity contribution in [2.45, 2.75) is 0 Å². The van der Waals surface area contributed by atoms with E-state index in [1.165, 1.54) is 6.20 Å². The first-order valence-corrected chi connectivity index (χ1v) is 5.85. The molecule has 0 aliphatic carbocycles. The lowest BCUT2D eigenvalue weighted by molar-refractivity contribution is 0.102. The van der Waals surface area contributed by atoms with Gasteiger partial charge in [-0.05, 0) is 46.9 Å². The van der Waals surface area contributed by atoms with Crippen LogP contribution in [0, 0.1) is 3.57 Å². The Morgan fingerprint density at radius 2 is 2.00 bits per heavy atom. The van der Waals surface area contributed by atoms with Crippen molar-refractivity contribution in [3.63, 3.8) is 0 Å². The van der Waals surface area contributed by atoms with Gasteiger partial charge in [-0.25, -0.2) is 4.98 Å². The molecule has 0 aliphatic rings. The number of hydrogen-bond acceptors (Lipinski definition) is 3. The topological polar surface area (TPSA) is 74.8 Å². The van der Waals surface area contributed by atoms with Gasteiger partial charge in [0.05, 0.1) is 6.20 Å². The molecule has 0 saturated carbocycles. The molecule has 0 bridgehead atoms. The summed E-state index contributed by atoms with van der Waals surface area (Å²) in [6.07, 6.45) is 2.35. The Hall–Kier alpha value is -1.70. The Morgan fingerprint density at radius 1 is 1.29 bits per heavy atom. The zero-order chi connectivity index (χ0) is 12.3. The smallest absolute Gasteiger partial charge is 0.275 e. The van der Waals surface area contributed by atoms with Gasteiger partial charge in [0, 0.05) is 15.5 Å². The van der Waals surface area contributed by atoms with Crippen LogP contribution in [0.3, 0.4) is 0 Å². The van der Waals surface area contributed by atoms with Gasteiger partial charge in [-0.2, -0.15) is 0 Å². The maximum Gasteiger partial charge on any atom is 0.275 e. The standard InChI is InChI=1S/C11H8IN3O2/c12-7-1-3-8(4-2-7)15-11(17)9-5-14-10(16)6-13-9/h1-6H,(H,14,16)(H,15,17). The summed E-state index contributed by atoms with van der Waals surface area (Å²) in [5.74, 6) is -0.359. The van der Waals surface area contributed by atoms with E-state index < -0.39 is 0 Å². The van der Waals surface area contributed by atoms with Gasteiger partial charge in [0.25, 0.3) is 11.5 Å². The van der Waals surface area contributed by atoms with Gasteiger partial charge in [-0.3, -0.25) is 9.59 Å². The molecule has 0 atom stereocenters. The van der Waals surface area contributed by atoms with Crippen LogP contribution in [-0.2, 0) is 0 Å². The van der Waals surface area contributed by atoms with Crippen LogP contribution in [0.15, 0.2) is 41.5 Å². The van der Waals surface area contributed by atoms with Crippen molar-refractivity contribution in [2.24, 2.45) is 0 Å².